The van der Waals surface area contributed by atoms with E-state index in [-0.39, 0.29) is 0 Å². The molecule has 0 amide bonds. The molecule has 0 saturated heterocycles. The van der Waals surface area contributed by atoms with Crippen molar-refractivity contribution in [3.8, 4) is 0 Å². The van der Waals surface area contributed by atoms with Crippen molar-refractivity contribution in [2.24, 2.45) is 17.1 Å². The van der Waals surface area contributed by atoms with Gasteiger partial charge in [0.1, 0.15) is 5.76 Å². The number of hydrogen-bond acceptors (Lipinski definition) is 5. The van der Waals surface area contributed by atoms with E-state index in [1.54, 1.807) is 0 Å². The minimum atomic E-state index is 0.448. The van der Waals surface area contributed by atoms with Gasteiger partial charge in [0.05, 0.1) is 16.4 Å². The third-order valence-corrected chi connectivity index (χ3v) is 7.11. The van der Waals surface area contributed by atoms with Crippen LogP contribution in [0.4, 0.5) is 11.4 Å². The second-order valence-corrected chi connectivity index (χ2v) is 12.7. The molecule has 2 aliphatic rings. The molecule has 5 nitrogen and oxygen atoms in total. The molecule has 1 aromatic carbocycles. The third kappa shape index (κ3) is 10.6. The largest absolute Gasteiger partial charge is 0.388 e. The number of hydrogen-bond donors (Lipinski definition) is 3. The Morgan fingerprint density at radius 1 is 1.16 bits per heavy atom. The lowest BCUT2D eigenvalue weighted by Gasteiger charge is -2.38. The third-order valence-electron chi connectivity index (χ3n) is 6.80. The fourth-order valence-corrected chi connectivity index (χ4v) is 5.28. The average Bonchev–Trinajstić information content (AvgIpc) is 3.57. The molecule has 0 spiro atoms. The van der Waals surface area contributed by atoms with Gasteiger partial charge in [0, 0.05) is 29.9 Å². The highest BCUT2D eigenvalue weighted by molar-refractivity contribution is 6.33. The summed E-state index contributed by atoms with van der Waals surface area (Å²) in [5, 5.41) is 11.2. The zero-order chi connectivity index (χ0) is 28.3. The van der Waals surface area contributed by atoms with Crippen molar-refractivity contribution < 1.29 is 4.52 Å². The second kappa shape index (κ2) is 15.6. The van der Waals surface area contributed by atoms with E-state index in [1.807, 2.05) is 32.2 Å². The maximum Gasteiger partial charge on any atom is 0.143 e. The Hall–Kier alpha value is -1.98. The van der Waals surface area contributed by atoms with Crippen LogP contribution in [0.25, 0.3) is 0 Å². The number of unbranched alkanes of at least 4 members (excludes halogenated alkanes) is 1. The van der Waals surface area contributed by atoms with Gasteiger partial charge in [-0.1, -0.05) is 64.4 Å². The smallest absolute Gasteiger partial charge is 0.143 e. The van der Waals surface area contributed by atoms with Crippen molar-refractivity contribution in [1.82, 2.24) is 5.16 Å². The van der Waals surface area contributed by atoms with Crippen molar-refractivity contribution in [3.63, 3.8) is 0 Å². The lowest BCUT2D eigenvalue weighted by Crippen LogP contribution is -2.26. The van der Waals surface area contributed by atoms with Crippen LogP contribution < -0.4 is 16.4 Å². The summed E-state index contributed by atoms with van der Waals surface area (Å²) in [4.78, 5) is 0. The molecule has 2 aromatic rings. The number of anilines is 2. The van der Waals surface area contributed by atoms with E-state index >= 15 is 0 Å². The Labute approximate surface area is 237 Å². The minimum absolute atomic E-state index is 0.448. The quantitative estimate of drug-likeness (QED) is 0.259. The summed E-state index contributed by atoms with van der Waals surface area (Å²) in [6, 6.07) is 5.74. The fraction of sp³-hybridized carbons (Fsp3) is 0.656. The summed E-state index contributed by atoms with van der Waals surface area (Å²) >= 11 is 6.01. The van der Waals surface area contributed by atoms with E-state index < -0.39 is 0 Å². The van der Waals surface area contributed by atoms with Crippen molar-refractivity contribution in [2.75, 3.05) is 24.2 Å². The van der Waals surface area contributed by atoms with E-state index in [0.717, 1.165) is 54.7 Å². The Morgan fingerprint density at radius 2 is 1.82 bits per heavy atom. The number of allylic oxidation sites excluding steroid dienone is 1. The first-order valence-electron chi connectivity index (χ1n) is 14.6. The first-order valence-corrected chi connectivity index (χ1v) is 15.0. The van der Waals surface area contributed by atoms with Crippen molar-refractivity contribution in [1.29, 1.82) is 0 Å². The molecule has 2 fully saturated rings. The summed E-state index contributed by atoms with van der Waals surface area (Å²) < 4.78 is 5.83. The van der Waals surface area contributed by atoms with Gasteiger partial charge in [-0.05, 0) is 100 Å². The minimum Gasteiger partial charge on any atom is -0.388 e. The van der Waals surface area contributed by atoms with Gasteiger partial charge in [0.25, 0.3) is 0 Å². The highest BCUT2D eigenvalue weighted by Crippen LogP contribution is 2.52. The first-order chi connectivity index (χ1) is 18.0. The second-order valence-electron chi connectivity index (χ2n) is 12.3. The predicted octanol–water partition coefficient (Wildman–Crippen LogP) is 9.51. The van der Waals surface area contributed by atoms with E-state index in [1.165, 1.54) is 55.5 Å². The molecule has 0 aliphatic heterocycles. The van der Waals surface area contributed by atoms with E-state index in [4.69, 9.17) is 21.9 Å². The number of nitrogens with two attached hydrogens (primary N) is 1. The van der Waals surface area contributed by atoms with E-state index in [2.05, 4.69) is 57.0 Å². The number of nitrogens with zero attached hydrogens (tertiary/aromatic N) is 1. The molecule has 0 unspecified atom stereocenters. The lowest BCUT2D eigenvalue weighted by atomic mass is 9.67. The molecular weight excluding hydrogens is 492 g/mol. The van der Waals surface area contributed by atoms with E-state index in [9.17, 15) is 0 Å². The van der Waals surface area contributed by atoms with Crippen LogP contribution in [-0.4, -0.2) is 18.7 Å². The molecule has 1 heterocycles. The average molecular weight is 545 g/mol. The van der Waals surface area contributed by atoms with Crippen LogP contribution in [0, 0.1) is 11.3 Å². The zero-order valence-electron chi connectivity index (χ0n) is 25.1. The molecule has 38 heavy (non-hydrogen) atoms. The number of aromatic nitrogens is 1. The van der Waals surface area contributed by atoms with Gasteiger partial charge in [-0.2, -0.15) is 0 Å². The zero-order valence-corrected chi connectivity index (χ0v) is 25.8. The van der Waals surface area contributed by atoms with Gasteiger partial charge in [-0.3, -0.25) is 0 Å². The number of benzene rings is 1. The summed E-state index contributed by atoms with van der Waals surface area (Å²) in [5.74, 6) is 3.51. The topological polar surface area (TPSA) is 76.1 Å². The van der Waals surface area contributed by atoms with Crippen LogP contribution >= 0.6 is 11.6 Å². The van der Waals surface area contributed by atoms with Gasteiger partial charge >= 0.3 is 0 Å². The van der Waals surface area contributed by atoms with Gasteiger partial charge in [0.15, 0.2) is 0 Å². The number of rotatable bonds is 10. The molecule has 0 radical (unpaired) electrons. The molecule has 6 heteroatoms. The highest BCUT2D eigenvalue weighted by Gasteiger charge is 2.40. The Balaban J connectivity index is 0.000000270. The monoisotopic (exact) mass is 544 g/mol. The van der Waals surface area contributed by atoms with Crippen molar-refractivity contribution in [3.05, 3.63) is 52.5 Å². The van der Waals surface area contributed by atoms with Crippen LogP contribution in [-0.2, 0) is 6.42 Å². The molecule has 0 bridgehead atoms. The predicted molar refractivity (Wildman–Crippen MR) is 165 cm³/mol. The highest BCUT2D eigenvalue weighted by atomic mass is 35.5. The Morgan fingerprint density at radius 3 is 2.32 bits per heavy atom. The van der Waals surface area contributed by atoms with Gasteiger partial charge in [-0.25, -0.2) is 0 Å². The van der Waals surface area contributed by atoms with Crippen LogP contribution in [0.15, 0.2) is 35.0 Å². The van der Waals surface area contributed by atoms with Crippen molar-refractivity contribution in [2.45, 2.75) is 111 Å². The summed E-state index contributed by atoms with van der Waals surface area (Å²) in [6.45, 7) is 17.7. The first kappa shape index (κ1) is 32.2. The Bertz CT molecular complexity index is 984. The van der Waals surface area contributed by atoms with Gasteiger partial charge in [0.2, 0.25) is 0 Å². The molecule has 1 aromatic heterocycles. The molecule has 2 saturated carbocycles. The summed E-state index contributed by atoms with van der Waals surface area (Å²) in [7, 11) is 1.86. The van der Waals surface area contributed by atoms with Crippen LogP contribution in [0.1, 0.15) is 122 Å². The number of halogens is 1. The number of nitrogens with one attached hydrogen (secondary N) is 2. The molecule has 4 rings (SSSR count). The molecular formula is C32H53ClN4O. The standard InChI is InChI=1S/C19H32N2O.C10H13ClN2.C3H8/c1-19(2,3)12-13-10-15(11-13)18-17(14-7-8-14)16(21-22-18)6-4-5-9-20;1-7(2)13-10-5-4-8(12-3)6-9(10)11;1-3-2/h13-15H,4-12,20H2,1-3H3;4-6,12-13H,1H2,2-3H3;3H2,1-2H3. The van der Waals surface area contributed by atoms with Gasteiger partial charge < -0.3 is 20.9 Å². The lowest BCUT2D eigenvalue weighted by molar-refractivity contribution is 0.158. The van der Waals surface area contributed by atoms with E-state index in [0.29, 0.717) is 16.4 Å². The molecule has 2 aliphatic carbocycles. The van der Waals surface area contributed by atoms with Crippen LogP contribution in [0.2, 0.25) is 5.02 Å². The van der Waals surface area contributed by atoms with Gasteiger partial charge in [-0.15, -0.1) is 0 Å². The normalized spacial score (nSPS) is 18.3. The molecule has 4 N–H and O–H groups in total. The van der Waals surface area contributed by atoms with Crippen molar-refractivity contribution >= 4 is 23.0 Å². The Kier molecular flexibility index (Phi) is 13.2. The SMILES string of the molecule is C=C(C)Nc1ccc(NC)cc1Cl.CC(C)(C)CC1CC(c2onc(CCCCN)c2C2CC2)C1.CCC. The number of aryl methyl sites for hydroxylation is 1. The molecule has 214 valence electrons. The summed E-state index contributed by atoms with van der Waals surface area (Å²) in [6.07, 6.45) is 11.1. The maximum atomic E-state index is 6.01. The fourth-order valence-electron chi connectivity index (χ4n) is 5.05. The molecule has 0 atom stereocenters. The van der Waals surface area contributed by atoms with Crippen LogP contribution in [0.3, 0.4) is 0 Å². The summed E-state index contributed by atoms with van der Waals surface area (Å²) in [5.41, 5.74) is 11.5. The maximum absolute atomic E-state index is 6.01. The van der Waals surface area contributed by atoms with Crippen LogP contribution in [0.5, 0.6) is 0 Å².